The molecule has 0 bridgehead atoms. The van der Waals surface area contributed by atoms with Crippen molar-refractivity contribution >= 4 is 17.2 Å². The van der Waals surface area contributed by atoms with Crippen LogP contribution in [-0.2, 0) is 16.0 Å². The van der Waals surface area contributed by atoms with Gasteiger partial charge in [0.25, 0.3) is 0 Å². The fourth-order valence-electron chi connectivity index (χ4n) is 4.51. The number of likely N-dealkylation sites (tertiary alicyclic amines) is 1. The number of fused-ring (bicyclic) bond motifs is 1. The van der Waals surface area contributed by atoms with Crippen LogP contribution in [0.3, 0.4) is 0 Å². The van der Waals surface area contributed by atoms with Gasteiger partial charge in [0.15, 0.2) is 0 Å². The second-order valence-corrected chi connectivity index (χ2v) is 8.43. The Balaban J connectivity index is 1.27. The van der Waals surface area contributed by atoms with Crippen LogP contribution in [0.5, 0.6) is 0 Å². The SMILES string of the molecule is O=C(NC[C@H]1OCCc2sccc21)[C@@H]1CCN(C2CCCCC2)C1. The molecule has 1 N–H and O–H groups in total. The van der Waals surface area contributed by atoms with Crippen molar-refractivity contribution in [2.24, 2.45) is 5.92 Å². The molecule has 1 aromatic heterocycles. The normalized spacial score (nSPS) is 28.7. The molecule has 3 aliphatic rings. The molecule has 1 saturated heterocycles. The second-order valence-electron chi connectivity index (χ2n) is 7.43. The molecular weight excluding hydrogens is 320 g/mol. The predicted octanol–water partition coefficient (Wildman–Crippen LogP) is 3.13. The van der Waals surface area contributed by atoms with E-state index in [-0.39, 0.29) is 17.9 Å². The molecule has 1 aromatic rings. The zero-order chi connectivity index (χ0) is 16.4. The maximum Gasteiger partial charge on any atom is 0.224 e. The van der Waals surface area contributed by atoms with E-state index >= 15 is 0 Å². The molecule has 4 nitrogen and oxygen atoms in total. The molecule has 0 unspecified atom stereocenters. The Morgan fingerprint density at radius 1 is 1.29 bits per heavy atom. The van der Waals surface area contributed by atoms with Gasteiger partial charge in [0.1, 0.15) is 6.10 Å². The van der Waals surface area contributed by atoms with Crippen molar-refractivity contribution in [3.05, 3.63) is 21.9 Å². The minimum atomic E-state index is 0.0415. The first-order chi connectivity index (χ1) is 11.8. The van der Waals surface area contributed by atoms with E-state index < -0.39 is 0 Å². The minimum Gasteiger partial charge on any atom is -0.371 e. The van der Waals surface area contributed by atoms with Crippen LogP contribution in [0.1, 0.15) is 55.1 Å². The molecular formula is C19H28N2O2S. The van der Waals surface area contributed by atoms with Crippen LogP contribution in [0.4, 0.5) is 0 Å². The van der Waals surface area contributed by atoms with Gasteiger partial charge in [0.05, 0.1) is 12.5 Å². The average Bonchev–Trinajstić information content (AvgIpc) is 3.30. The van der Waals surface area contributed by atoms with Crippen LogP contribution in [0.25, 0.3) is 0 Å². The highest BCUT2D eigenvalue weighted by atomic mass is 32.1. The van der Waals surface area contributed by atoms with Crippen molar-refractivity contribution in [2.45, 2.75) is 57.1 Å². The average molecular weight is 349 g/mol. The molecule has 3 heterocycles. The van der Waals surface area contributed by atoms with Gasteiger partial charge in [-0.25, -0.2) is 0 Å². The molecule has 1 saturated carbocycles. The largest absolute Gasteiger partial charge is 0.371 e. The summed E-state index contributed by atoms with van der Waals surface area (Å²) in [6.07, 6.45) is 8.82. The molecule has 1 aliphatic carbocycles. The molecule has 2 fully saturated rings. The van der Waals surface area contributed by atoms with E-state index in [1.807, 2.05) is 0 Å². The molecule has 2 atom stereocenters. The first-order valence-corrected chi connectivity index (χ1v) is 10.4. The summed E-state index contributed by atoms with van der Waals surface area (Å²) in [6, 6.07) is 2.88. The highest BCUT2D eigenvalue weighted by Crippen LogP contribution is 2.31. The minimum absolute atomic E-state index is 0.0415. The van der Waals surface area contributed by atoms with Gasteiger partial charge in [-0.15, -0.1) is 11.3 Å². The zero-order valence-electron chi connectivity index (χ0n) is 14.3. The summed E-state index contributed by atoms with van der Waals surface area (Å²) in [5.41, 5.74) is 1.28. The summed E-state index contributed by atoms with van der Waals surface area (Å²) in [6.45, 7) is 3.43. The van der Waals surface area contributed by atoms with E-state index in [1.165, 1.54) is 42.5 Å². The molecule has 5 heteroatoms. The van der Waals surface area contributed by atoms with Gasteiger partial charge in [0, 0.05) is 30.4 Å². The van der Waals surface area contributed by atoms with Crippen LogP contribution in [0, 0.1) is 5.92 Å². The third-order valence-electron chi connectivity index (χ3n) is 5.92. The van der Waals surface area contributed by atoms with Gasteiger partial charge in [-0.05, 0) is 42.8 Å². The molecule has 2 aliphatic heterocycles. The third kappa shape index (κ3) is 3.53. The van der Waals surface area contributed by atoms with Gasteiger partial charge in [-0.3, -0.25) is 9.69 Å². The highest BCUT2D eigenvalue weighted by Gasteiger charge is 2.33. The molecule has 1 amide bonds. The molecule has 132 valence electrons. The lowest BCUT2D eigenvalue weighted by Crippen LogP contribution is -2.39. The van der Waals surface area contributed by atoms with Crippen molar-refractivity contribution in [1.82, 2.24) is 10.2 Å². The van der Waals surface area contributed by atoms with E-state index in [0.29, 0.717) is 6.54 Å². The molecule has 24 heavy (non-hydrogen) atoms. The number of nitrogens with one attached hydrogen (secondary N) is 1. The maximum absolute atomic E-state index is 12.6. The molecule has 0 radical (unpaired) electrons. The van der Waals surface area contributed by atoms with E-state index in [9.17, 15) is 4.79 Å². The first kappa shape index (κ1) is 16.6. The standard InChI is InChI=1S/C19H28N2O2S/c22-19(14-6-9-21(13-14)15-4-2-1-3-5-15)20-12-17-16-8-11-24-18(16)7-10-23-17/h8,11,14-15,17H,1-7,9-10,12-13H2,(H,20,22)/t14-,17-/m1/s1. The van der Waals surface area contributed by atoms with Crippen LogP contribution in [0.15, 0.2) is 11.4 Å². The summed E-state index contributed by atoms with van der Waals surface area (Å²) in [4.78, 5) is 16.6. The Morgan fingerprint density at radius 2 is 2.17 bits per heavy atom. The third-order valence-corrected chi connectivity index (χ3v) is 6.91. The number of ether oxygens (including phenoxy) is 1. The number of amides is 1. The van der Waals surface area contributed by atoms with Crippen LogP contribution in [0.2, 0.25) is 0 Å². The van der Waals surface area contributed by atoms with Crippen molar-refractivity contribution in [3.63, 3.8) is 0 Å². The summed E-state index contributed by atoms with van der Waals surface area (Å²) < 4.78 is 5.87. The fraction of sp³-hybridized carbons (Fsp3) is 0.737. The molecule has 4 rings (SSSR count). The second kappa shape index (κ2) is 7.54. The number of rotatable bonds is 4. The molecule has 0 aromatic carbocycles. The van der Waals surface area contributed by atoms with Gasteiger partial charge in [-0.1, -0.05) is 19.3 Å². The number of carbonyl (C=O) groups is 1. The van der Waals surface area contributed by atoms with Crippen LogP contribution >= 0.6 is 11.3 Å². The fourth-order valence-corrected chi connectivity index (χ4v) is 5.43. The first-order valence-electron chi connectivity index (χ1n) is 9.51. The number of hydrogen-bond acceptors (Lipinski definition) is 4. The van der Waals surface area contributed by atoms with Crippen LogP contribution in [-0.4, -0.2) is 43.1 Å². The van der Waals surface area contributed by atoms with Crippen molar-refractivity contribution in [2.75, 3.05) is 26.2 Å². The Kier molecular flexibility index (Phi) is 5.20. The van der Waals surface area contributed by atoms with Gasteiger partial charge < -0.3 is 10.1 Å². The van der Waals surface area contributed by atoms with Gasteiger partial charge in [0.2, 0.25) is 5.91 Å². The number of hydrogen-bond donors (Lipinski definition) is 1. The topological polar surface area (TPSA) is 41.6 Å². The summed E-state index contributed by atoms with van der Waals surface area (Å²) in [5.74, 6) is 0.386. The predicted molar refractivity (Wildman–Crippen MR) is 96.3 cm³/mol. The number of carbonyl (C=O) groups excluding carboxylic acids is 1. The highest BCUT2D eigenvalue weighted by molar-refractivity contribution is 7.10. The maximum atomic E-state index is 12.6. The van der Waals surface area contributed by atoms with Gasteiger partial charge in [-0.2, -0.15) is 0 Å². The molecule has 0 spiro atoms. The lowest BCUT2D eigenvalue weighted by Gasteiger charge is -2.31. The smallest absolute Gasteiger partial charge is 0.224 e. The lowest BCUT2D eigenvalue weighted by molar-refractivity contribution is -0.125. The summed E-state index contributed by atoms with van der Waals surface area (Å²) >= 11 is 1.81. The van der Waals surface area contributed by atoms with Gasteiger partial charge >= 0.3 is 0 Å². The van der Waals surface area contributed by atoms with Crippen LogP contribution < -0.4 is 5.32 Å². The van der Waals surface area contributed by atoms with Crippen molar-refractivity contribution < 1.29 is 9.53 Å². The quantitative estimate of drug-likeness (QED) is 0.909. The Hall–Kier alpha value is -0.910. The van der Waals surface area contributed by atoms with E-state index in [2.05, 4.69) is 21.7 Å². The number of nitrogens with zero attached hydrogens (tertiary/aromatic N) is 1. The van der Waals surface area contributed by atoms with E-state index in [1.54, 1.807) is 11.3 Å². The Labute approximate surface area is 148 Å². The van der Waals surface area contributed by atoms with E-state index in [0.717, 1.165) is 38.6 Å². The number of thiophene rings is 1. The summed E-state index contributed by atoms with van der Waals surface area (Å²) in [7, 11) is 0. The van der Waals surface area contributed by atoms with Crippen molar-refractivity contribution in [1.29, 1.82) is 0 Å². The Bertz CT molecular complexity index is 567. The zero-order valence-corrected chi connectivity index (χ0v) is 15.2. The van der Waals surface area contributed by atoms with Crippen molar-refractivity contribution in [3.8, 4) is 0 Å². The summed E-state index contributed by atoms with van der Waals surface area (Å²) in [5, 5.41) is 5.29. The Morgan fingerprint density at radius 3 is 3.04 bits per heavy atom. The lowest BCUT2D eigenvalue weighted by atomic mass is 9.94. The monoisotopic (exact) mass is 348 g/mol. The van der Waals surface area contributed by atoms with E-state index in [4.69, 9.17) is 4.74 Å².